The molecule has 0 aliphatic heterocycles. The summed E-state index contributed by atoms with van der Waals surface area (Å²) in [7, 11) is 1.69. The smallest absolute Gasteiger partial charge is 0.160 e. The van der Waals surface area contributed by atoms with Crippen molar-refractivity contribution < 1.29 is 4.74 Å². The number of halogens is 1. The van der Waals surface area contributed by atoms with E-state index in [-0.39, 0.29) is 0 Å². The number of alkyl halides is 1. The van der Waals surface area contributed by atoms with Crippen molar-refractivity contribution in [2.75, 3.05) is 19.6 Å². The topological polar surface area (TPSA) is 39.9 Å². The summed E-state index contributed by atoms with van der Waals surface area (Å²) in [5.41, 5.74) is 1.82. The minimum Gasteiger partial charge on any atom is -0.383 e. The summed E-state index contributed by atoms with van der Waals surface area (Å²) in [6.45, 7) is 1.41. The molecule has 0 saturated carbocycles. The fourth-order valence-corrected chi connectivity index (χ4v) is 1.87. The van der Waals surface area contributed by atoms with E-state index in [9.17, 15) is 0 Å². The molecular formula is C11H14ClN3O. The normalized spacial score (nSPS) is 11.1. The van der Waals surface area contributed by atoms with Gasteiger partial charge in [-0.1, -0.05) is 0 Å². The maximum absolute atomic E-state index is 5.76. The number of ether oxygens (including phenoxy) is 1. The number of nitrogens with zero attached hydrogens (tertiary/aromatic N) is 3. The summed E-state index contributed by atoms with van der Waals surface area (Å²) < 4.78 is 7.16. The molecule has 2 heterocycles. The fourth-order valence-electron chi connectivity index (χ4n) is 1.70. The van der Waals surface area contributed by atoms with Crippen LogP contribution >= 0.6 is 11.6 Å². The second kappa shape index (κ2) is 5.27. The van der Waals surface area contributed by atoms with Crippen molar-refractivity contribution in [2.45, 2.75) is 13.0 Å². The number of pyridine rings is 1. The van der Waals surface area contributed by atoms with Gasteiger partial charge < -0.3 is 9.30 Å². The van der Waals surface area contributed by atoms with Gasteiger partial charge in [-0.05, 0) is 12.1 Å². The molecule has 0 atom stereocenters. The predicted molar refractivity (Wildman–Crippen MR) is 63.8 cm³/mol. The van der Waals surface area contributed by atoms with Crippen LogP contribution < -0.4 is 0 Å². The van der Waals surface area contributed by atoms with Gasteiger partial charge in [-0.25, -0.2) is 9.97 Å². The summed E-state index contributed by atoms with van der Waals surface area (Å²) in [6, 6.07) is 3.85. The Balaban J connectivity index is 2.42. The molecule has 0 saturated heterocycles. The molecule has 86 valence electrons. The van der Waals surface area contributed by atoms with Crippen LogP contribution in [0.2, 0.25) is 0 Å². The van der Waals surface area contributed by atoms with Gasteiger partial charge in [-0.2, -0.15) is 0 Å². The number of hydrogen-bond donors (Lipinski definition) is 0. The third kappa shape index (κ3) is 2.18. The van der Waals surface area contributed by atoms with Gasteiger partial charge in [0, 0.05) is 32.2 Å². The van der Waals surface area contributed by atoms with E-state index in [1.165, 1.54) is 0 Å². The van der Waals surface area contributed by atoms with Crippen LogP contribution in [0.5, 0.6) is 0 Å². The molecule has 0 spiro atoms. The van der Waals surface area contributed by atoms with Crippen LogP contribution in [-0.4, -0.2) is 34.1 Å². The average Bonchev–Trinajstić information content (AvgIpc) is 2.65. The predicted octanol–water partition coefficient (Wildman–Crippen LogP) is 1.86. The van der Waals surface area contributed by atoms with Gasteiger partial charge in [0.1, 0.15) is 11.3 Å². The molecule has 0 N–H and O–H groups in total. The SMILES string of the molecule is COCCn1c(CCCl)nc2cccnc21. The van der Waals surface area contributed by atoms with Gasteiger partial charge in [0.15, 0.2) is 5.65 Å². The van der Waals surface area contributed by atoms with Crippen molar-refractivity contribution in [2.24, 2.45) is 0 Å². The highest BCUT2D eigenvalue weighted by atomic mass is 35.5. The lowest BCUT2D eigenvalue weighted by atomic mass is 10.4. The average molecular weight is 240 g/mol. The number of fused-ring (bicyclic) bond motifs is 1. The van der Waals surface area contributed by atoms with Crippen molar-refractivity contribution in [3.05, 3.63) is 24.2 Å². The number of rotatable bonds is 5. The van der Waals surface area contributed by atoms with Crippen LogP contribution in [0.15, 0.2) is 18.3 Å². The molecule has 0 aliphatic carbocycles. The maximum Gasteiger partial charge on any atom is 0.160 e. The summed E-state index contributed by atoms with van der Waals surface area (Å²) in [5.74, 6) is 1.54. The van der Waals surface area contributed by atoms with Crippen LogP contribution in [0.3, 0.4) is 0 Å². The zero-order chi connectivity index (χ0) is 11.4. The summed E-state index contributed by atoms with van der Waals surface area (Å²) in [5, 5.41) is 0. The molecule has 16 heavy (non-hydrogen) atoms. The number of aryl methyl sites for hydroxylation is 1. The fraction of sp³-hybridized carbons (Fsp3) is 0.455. The van der Waals surface area contributed by atoms with Crippen LogP contribution in [0, 0.1) is 0 Å². The maximum atomic E-state index is 5.76. The Kier molecular flexibility index (Phi) is 3.74. The highest BCUT2D eigenvalue weighted by Gasteiger charge is 2.10. The first-order valence-corrected chi connectivity index (χ1v) is 5.75. The van der Waals surface area contributed by atoms with Gasteiger partial charge >= 0.3 is 0 Å². The highest BCUT2D eigenvalue weighted by Crippen LogP contribution is 2.14. The van der Waals surface area contributed by atoms with E-state index in [4.69, 9.17) is 16.3 Å². The van der Waals surface area contributed by atoms with E-state index < -0.39 is 0 Å². The lowest BCUT2D eigenvalue weighted by molar-refractivity contribution is 0.187. The van der Waals surface area contributed by atoms with E-state index in [2.05, 4.69) is 14.5 Å². The molecule has 0 amide bonds. The number of aromatic nitrogens is 3. The van der Waals surface area contributed by atoms with Crippen molar-refractivity contribution in [1.29, 1.82) is 0 Å². The van der Waals surface area contributed by atoms with Crippen molar-refractivity contribution >= 4 is 22.8 Å². The van der Waals surface area contributed by atoms with E-state index in [0.717, 1.165) is 30.0 Å². The van der Waals surface area contributed by atoms with Gasteiger partial charge in [0.25, 0.3) is 0 Å². The second-order valence-electron chi connectivity index (χ2n) is 3.46. The first-order chi connectivity index (χ1) is 7.86. The largest absolute Gasteiger partial charge is 0.383 e. The van der Waals surface area contributed by atoms with Crippen molar-refractivity contribution in [1.82, 2.24) is 14.5 Å². The Hall–Kier alpha value is -1.13. The Labute approximate surface area is 99.2 Å². The zero-order valence-corrected chi connectivity index (χ0v) is 9.94. The van der Waals surface area contributed by atoms with Crippen LogP contribution in [0.4, 0.5) is 0 Å². The van der Waals surface area contributed by atoms with E-state index in [1.807, 2.05) is 12.1 Å². The molecule has 5 heteroatoms. The molecule has 4 nitrogen and oxygen atoms in total. The molecule has 2 aromatic heterocycles. The van der Waals surface area contributed by atoms with Gasteiger partial charge in [0.05, 0.1) is 6.61 Å². The standard InChI is InChI=1S/C11H14ClN3O/c1-16-8-7-15-10(4-5-12)14-9-3-2-6-13-11(9)15/h2-3,6H,4-5,7-8H2,1H3. The quantitative estimate of drug-likeness (QED) is 0.748. The third-order valence-electron chi connectivity index (χ3n) is 2.42. The second-order valence-corrected chi connectivity index (χ2v) is 3.84. The Bertz CT molecular complexity index is 469. The minimum atomic E-state index is 0.566. The lowest BCUT2D eigenvalue weighted by Gasteiger charge is -2.06. The molecule has 0 radical (unpaired) electrons. The highest BCUT2D eigenvalue weighted by molar-refractivity contribution is 6.17. The monoisotopic (exact) mass is 239 g/mol. The summed E-state index contributed by atoms with van der Waals surface area (Å²) >= 11 is 5.76. The molecular weight excluding hydrogens is 226 g/mol. The lowest BCUT2D eigenvalue weighted by Crippen LogP contribution is -2.09. The van der Waals surface area contributed by atoms with E-state index in [0.29, 0.717) is 12.5 Å². The molecule has 0 bridgehead atoms. The number of methoxy groups -OCH3 is 1. The van der Waals surface area contributed by atoms with Gasteiger partial charge in [-0.3, -0.25) is 0 Å². The summed E-state index contributed by atoms with van der Waals surface area (Å²) in [6.07, 6.45) is 2.53. The van der Waals surface area contributed by atoms with E-state index in [1.54, 1.807) is 13.3 Å². The minimum absolute atomic E-state index is 0.566. The van der Waals surface area contributed by atoms with E-state index >= 15 is 0 Å². The Morgan fingerprint density at radius 1 is 1.50 bits per heavy atom. The molecule has 0 unspecified atom stereocenters. The number of imidazole rings is 1. The van der Waals surface area contributed by atoms with Crippen LogP contribution in [-0.2, 0) is 17.7 Å². The molecule has 2 rings (SSSR count). The summed E-state index contributed by atoms with van der Waals surface area (Å²) in [4.78, 5) is 8.85. The Morgan fingerprint density at radius 2 is 2.38 bits per heavy atom. The number of hydrogen-bond acceptors (Lipinski definition) is 3. The van der Waals surface area contributed by atoms with Crippen molar-refractivity contribution in [3.8, 4) is 0 Å². The molecule has 0 fully saturated rings. The molecule has 0 aromatic carbocycles. The van der Waals surface area contributed by atoms with Crippen molar-refractivity contribution in [3.63, 3.8) is 0 Å². The first kappa shape index (κ1) is 11.4. The third-order valence-corrected chi connectivity index (χ3v) is 2.61. The first-order valence-electron chi connectivity index (χ1n) is 5.22. The van der Waals surface area contributed by atoms with Gasteiger partial charge in [0.2, 0.25) is 0 Å². The molecule has 2 aromatic rings. The van der Waals surface area contributed by atoms with Gasteiger partial charge in [-0.15, -0.1) is 11.6 Å². The Morgan fingerprint density at radius 3 is 3.12 bits per heavy atom. The molecule has 0 aliphatic rings. The van der Waals surface area contributed by atoms with Crippen LogP contribution in [0.25, 0.3) is 11.2 Å². The zero-order valence-electron chi connectivity index (χ0n) is 9.19. The van der Waals surface area contributed by atoms with Crippen LogP contribution in [0.1, 0.15) is 5.82 Å².